The number of piperidine rings is 1. The molecule has 1 atom stereocenters. The zero-order chi connectivity index (χ0) is 17.4. The Morgan fingerprint density at radius 1 is 1.24 bits per heavy atom. The number of amides is 2. The molecular weight excluding hydrogens is 316 g/mol. The molecular formula is C20H26N2O3. The third-order valence-electron chi connectivity index (χ3n) is 6.09. The summed E-state index contributed by atoms with van der Waals surface area (Å²) in [6.45, 7) is 4.97. The number of nitrogens with zero attached hydrogens (tertiary/aromatic N) is 2. The van der Waals surface area contributed by atoms with E-state index in [1.807, 2.05) is 28.0 Å². The molecule has 2 amide bonds. The summed E-state index contributed by atoms with van der Waals surface area (Å²) in [5.74, 6) is -0.0113. The molecule has 3 heterocycles. The van der Waals surface area contributed by atoms with Gasteiger partial charge in [0.05, 0.1) is 18.1 Å². The first-order valence-corrected chi connectivity index (χ1v) is 9.43. The number of carbonyl (C=O) groups excluding carboxylic acids is 2. The van der Waals surface area contributed by atoms with Gasteiger partial charge in [0.1, 0.15) is 0 Å². The molecule has 134 valence electrons. The van der Waals surface area contributed by atoms with E-state index in [-0.39, 0.29) is 23.3 Å². The van der Waals surface area contributed by atoms with Crippen LogP contribution in [-0.4, -0.2) is 48.6 Å². The standard InChI is InChI=1S/C20H26N2O3/c1-2-15-5-3-4-6-17(15)22-14-16(13-18(22)23)19(24)21-10-7-20(8-11-21)9-12-25-20/h3-6,16H,2,7-14H2,1H3/t16-/m0/s1. The Bertz CT molecular complexity index is 673. The smallest absolute Gasteiger partial charge is 0.228 e. The van der Waals surface area contributed by atoms with Crippen molar-refractivity contribution in [2.24, 2.45) is 5.92 Å². The van der Waals surface area contributed by atoms with Gasteiger partial charge in [-0.1, -0.05) is 25.1 Å². The summed E-state index contributed by atoms with van der Waals surface area (Å²) in [6.07, 6.45) is 4.20. The van der Waals surface area contributed by atoms with E-state index < -0.39 is 0 Å². The highest BCUT2D eigenvalue weighted by atomic mass is 16.5. The maximum atomic E-state index is 12.9. The molecule has 5 heteroatoms. The van der Waals surface area contributed by atoms with Gasteiger partial charge in [-0.05, 0) is 37.3 Å². The van der Waals surface area contributed by atoms with Crippen LogP contribution in [0.3, 0.4) is 0 Å². The van der Waals surface area contributed by atoms with Crippen molar-refractivity contribution in [3.8, 4) is 0 Å². The molecule has 5 nitrogen and oxygen atoms in total. The average molecular weight is 342 g/mol. The molecule has 3 aliphatic heterocycles. The van der Waals surface area contributed by atoms with Crippen molar-refractivity contribution in [2.75, 3.05) is 31.1 Å². The lowest BCUT2D eigenvalue weighted by atomic mass is 9.84. The third-order valence-corrected chi connectivity index (χ3v) is 6.09. The van der Waals surface area contributed by atoms with Gasteiger partial charge in [0.25, 0.3) is 0 Å². The van der Waals surface area contributed by atoms with Gasteiger partial charge in [-0.2, -0.15) is 0 Å². The number of ether oxygens (including phenoxy) is 1. The zero-order valence-electron chi connectivity index (χ0n) is 14.9. The summed E-state index contributed by atoms with van der Waals surface area (Å²) < 4.78 is 5.73. The van der Waals surface area contributed by atoms with Crippen molar-refractivity contribution in [1.82, 2.24) is 4.90 Å². The largest absolute Gasteiger partial charge is 0.375 e. The van der Waals surface area contributed by atoms with Gasteiger partial charge in [-0.15, -0.1) is 0 Å². The number of rotatable bonds is 3. The molecule has 0 aromatic heterocycles. The van der Waals surface area contributed by atoms with Gasteiger partial charge >= 0.3 is 0 Å². The number of aryl methyl sites for hydroxylation is 1. The second-order valence-electron chi connectivity index (χ2n) is 7.49. The number of benzene rings is 1. The van der Waals surface area contributed by atoms with Crippen molar-refractivity contribution < 1.29 is 14.3 Å². The zero-order valence-corrected chi connectivity index (χ0v) is 14.9. The highest BCUT2D eigenvalue weighted by molar-refractivity contribution is 6.00. The summed E-state index contributed by atoms with van der Waals surface area (Å²) in [4.78, 5) is 29.2. The lowest BCUT2D eigenvalue weighted by Crippen LogP contribution is -2.54. The number of hydrogen-bond donors (Lipinski definition) is 0. The summed E-state index contributed by atoms with van der Waals surface area (Å²) in [7, 11) is 0. The highest BCUT2D eigenvalue weighted by Gasteiger charge is 2.44. The summed E-state index contributed by atoms with van der Waals surface area (Å²) in [5.41, 5.74) is 2.17. The van der Waals surface area contributed by atoms with E-state index in [1.54, 1.807) is 0 Å². The van der Waals surface area contributed by atoms with E-state index >= 15 is 0 Å². The van der Waals surface area contributed by atoms with Gasteiger partial charge in [0, 0.05) is 31.7 Å². The minimum Gasteiger partial charge on any atom is -0.375 e. The van der Waals surface area contributed by atoms with Crippen LogP contribution in [0.4, 0.5) is 5.69 Å². The van der Waals surface area contributed by atoms with E-state index in [1.165, 1.54) is 0 Å². The molecule has 0 aliphatic carbocycles. The molecule has 3 saturated heterocycles. The molecule has 0 unspecified atom stereocenters. The molecule has 0 N–H and O–H groups in total. The summed E-state index contributed by atoms with van der Waals surface area (Å²) >= 11 is 0. The molecule has 0 saturated carbocycles. The van der Waals surface area contributed by atoms with Gasteiger partial charge in [0.2, 0.25) is 11.8 Å². The van der Waals surface area contributed by atoms with Crippen molar-refractivity contribution in [3.63, 3.8) is 0 Å². The number of hydrogen-bond acceptors (Lipinski definition) is 3. The Balaban J connectivity index is 1.42. The molecule has 1 spiro atoms. The first kappa shape index (κ1) is 16.6. The molecule has 1 aromatic rings. The topological polar surface area (TPSA) is 49.9 Å². The Kier molecular flexibility index (Phi) is 4.28. The first-order chi connectivity index (χ1) is 12.1. The average Bonchev–Trinajstić information content (AvgIpc) is 3.01. The molecule has 3 fully saturated rings. The fraction of sp³-hybridized carbons (Fsp3) is 0.600. The fourth-order valence-corrected chi connectivity index (χ4v) is 4.36. The maximum Gasteiger partial charge on any atom is 0.228 e. The molecule has 3 aliphatic rings. The van der Waals surface area contributed by atoms with Crippen LogP contribution in [0.25, 0.3) is 0 Å². The van der Waals surface area contributed by atoms with Crippen LogP contribution in [0.5, 0.6) is 0 Å². The number of carbonyl (C=O) groups is 2. The monoisotopic (exact) mass is 342 g/mol. The van der Waals surface area contributed by atoms with Crippen LogP contribution in [0.15, 0.2) is 24.3 Å². The fourth-order valence-electron chi connectivity index (χ4n) is 4.36. The first-order valence-electron chi connectivity index (χ1n) is 9.43. The van der Waals surface area contributed by atoms with Crippen LogP contribution >= 0.6 is 0 Å². The molecule has 1 aromatic carbocycles. The Labute approximate surface area is 148 Å². The van der Waals surface area contributed by atoms with Crippen molar-refractivity contribution >= 4 is 17.5 Å². The molecule has 25 heavy (non-hydrogen) atoms. The van der Waals surface area contributed by atoms with E-state index in [0.29, 0.717) is 13.0 Å². The second kappa shape index (κ2) is 6.45. The normalized spacial score (nSPS) is 25.3. The lowest BCUT2D eigenvalue weighted by Gasteiger charge is -2.47. The van der Waals surface area contributed by atoms with Crippen LogP contribution in [0.1, 0.15) is 38.2 Å². The van der Waals surface area contributed by atoms with E-state index in [0.717, 1.165) is 56.6 Å². The number of likely N-dealkylation sites (tertiary alicyclic amines) is 1. The maximum absolute atomic E-state index is 12.9. The van der Waals surface area contributed by atoms with Crippen LogP contribution < -0.4 is 4.90 Å². The number of anilines is 1. The quantitative estimate of drug-likeness (QED) is 0.847. The van der Waals surface area contributed by atoms with Crippen LogP contribution in [0.2, 0.25) is 0 Å². The SMILES string of the molecule is CCc1ccccc1N1C[C@@H](C(=O)N2CCC3(CCO3)CC2)CC1=O. The van der Waals surface area contributed by atoms with Crippen molar-refractivity contribution in [2.45, 2.75) is 44.6 Å². The molecule has 4 rings (SSSR count). The van der Waals surface area contributed by atoms with E-state index in [2.05, 4.69) is 13.0 Å². The van der Waals surface area contributed by atoms with E-state index in [4.69, 9.17) is 4.74 Å². The third kappa shape index (κ3) is 2.95. The minimum atomic E-state index is -0.214. The second-order valence-corrected chi connectivity index (χ2v) is 7.49. The minimum absolute atomic E-state index is 0.0500. The predicted octanol–water partition coefficient (Wildman–Crippen LogP) is 2.38. The molecule has 0 bridgehead atoms. The summed E-state index contributed by atoms with van der Waals surface area (Å²) in [6, 6.07) is 8.00. The number of para-hydroxylation sites is 1. The van der Waals surface area contributed by atoms with Crippen molar-refractivity contribution in [3.05, 3.63) is 29.8 Å². The summed E-state index contributed by atoms with van der Waals surface area (Å²) in [5, 5.41) is 0. The Morgan fingerprint density at radius 3 is 2.60 bits per heavy atom. The van der Waals surface area contributed by atoms with Gasteiger partial charge in [0.15, 0.2) is 0 Å². The molecule has 0 radical (unpaired) electrons. The van der Waals surface area contributed by atoms with E-state index in [9.17, 15) is 9.59 Å². The van der Waals surface area contributed by atoms with Crippen LogP contribution in [0, 0.1) is 5.92 Å². The van der Waals surface area contributed by atoms with Crippen LogP contribution in [-0.2, 0) is 20.7 Å². The van der Waals surface area contributed by atoms with Gasteiger partial charge in [-0.3, -0.25) is 9.59 Å². The lowest BCUT2D eigenvalue weighted by molar-refractivity contribution is -0.177. The van der Waals surface area contributed by atoms with Gasteiger partial charge < -0.3 is 14.5 Å². The predicted molar refractivity (Wildman–Crippen MR) is 95.4 cm³/mol. The van der Waals surface area contributed by atoms with Gasteiger partial charge in [-0.25, -0.2) is 0 Å². The Hall–Kier alpha value is -1.88. The van der Waals surface area contributed by atoms with Crippen molar-refractivity contribution in [1.29, 1.82) is 0 Å². The highest BCUT2D eigenvalue weighted by Crippen LogP contribution is 2.37. The Morgan fingerprint density at radius 2 is 1.96 bits per heavy atom.